The van der Waals surface area contributed by atoms with Crippen molar-refractivity contribution in [3.05, 3.63) is 35.1 Å². The summed E-state index contributed by atoms with van der Waals surface area (Å²) in [5.74, 6) is 5.69. The van der Waals surface area contributed by atoms with Gasteiger partial charge >= 0.3 is 0 Å². The van der Waals surface area contributed by atoms with Crippen molar-refractivity contribution >= 4 is 0 Å². The maximum Gasteiger partial charge on any atom is 0.123 e. The zero-order valence-corrected chi connectivity index (χ0v) is 10.7. The molecule has 0 heterocycles. The lowest BCUT2D eigenvalue weighted by Crippen LogP contribution is -2.30. The van der Waals surface area contributed by atoms with Gasteiger partial charge in [-0.2, -0.15) is 0 Å². The van der Waals surface area contributed by atoms with Crippen molar-refractivity contribution in [3.63, 3.8) is 0 Å². The number of hydrogen-bond acceptors (Lipinski definition) is 3. The Morgan fingerprint density at radius 1 is 1.47 bits per heavy atom. The van der Waals surface area contributed by atoms with Crippen molar-refractivity contribution < 1.29 is 9.13 Å². The van der Waals surface area contributed by atoms with Gasteiger partial charge < -0.3 is 4.74 Å². The van der Waals surface area contributed by atoms with Crippen LogP contribution in [0.15, 0.2) is 18.2 Å². The van der Waals surface area contributed by atoms with Crippen LogP contribution in [-0.4, -0.2) is 13.7 Å². The lowest BCUT2D eigenvalue weighted by Gasteiger charge is -2.22. The van der Waals surface area contributed by atoms with Crippen LogP contribution in [0.25, 0.3) is 0 Å². The minimum atomic E-state index is -0.231. The summed E-state index contributed by atoms with van der Waals surface area (Å²) in [7, 11) is 1.68. The van der Waals surface area contributed by atoms with E-state index in [1.165, 1.54) is 6.07 Å². The number of methoxy groups -OCH3 is 1. The number of hydrazine groups is 1. The fraction of sp³-hybridized carbons (Fsp3) is 0.538. The second-order valence-corrected chi connectivity index (χ2v) is 4.52. The number of nitrogens with one attached hydrogen (secondary N) is 1. The van der Waals surface area contributed by atoms with E-state index in [-0.39, 0.29) is 11.9 Å². The molecule has 3 nitrogen and oxygen atoms in total. The smallest absolute Gasteiger partial charge is 0.123 e. The number of rotatable bonds is 6. The molecule has 0 bridgehead atoms. The SMILES string of the molecule is COCC(C)CC(NN)c1cc(F)ccc1C. The molecule has 0 fully saturated rings. The molecule has 0 aliphatic heterocycles. The Balaban J connectivity index is 2.82. The van der Waals surface area contributed by atoms with Gasteiger partial charge in [0.2, 0.25) is 0 Å². The molecule has 96 valence electrons. The van der Waals surface area contributed by atoms with Crippen LogP contribution in [0.5, 0.6) is 0 Å². The number of nitrogens with two attached hydrogens (primary N) is 1. The summed E-state index contributed by atoms with van der Waals surface area (Å²) >= 11 is 0. The van der Waals surface area contributed by atoms with Crippen molar-refractivity contribution in [1.29, 1.82) is 0 Å². The molecule has 0 amide bonds. The van der Waals surface area contributed by atoms with Crippen molar-refractivity contribution in [3.8, 4) is 0 Å². The van der Waals surface area contributed by atoms with Crippen molar-refractivity contribution in [2.24, 2.45) is 11.8 Å². The number of ether oxygens (including phenoxy) is 1. The van der Waals surface area contributed by atoms with E-state index >= 15 is 0 Å². The molecule has 0 aliphatic rings. The molecule has 0 aliphatic carbocycles. The Morgan fingerprint density at radius 3 is 2.76 bits per heavy atom. The molecule has 0 aromatic heterocycles. The Bertz CT molecular complexity index is 357. The molecule has 4 heteroatoms. The Kier molecular flexibility index (Phi) is 5.55. The van der Waals surface area contributed by atoms with Crippen LogP contribution in [-0.2, 0) is 4.74 Å². The minimum absolute atomic E-state index is 0.0455. The van der Waals surface area contributed by atoms with E-state index in [0.29, 0.717) is 12.5 Å². The van der Waals surface area contributed by atoms with Crippen molar-refractivity contribution in [2.45, 2.75) is 26.3 Å². The second kappa shape index (κ2) is 6.69. The first-order valence-corrected chi connectivity index (χ1v) is 5.79. The van der Waals surface area contributed by atoms with Gasteiger partial charge in [0.25, 0.3) is 0 Å². The normalized spacial score (nSPS) is 14.6. The average molecular weight is 240 g/mol. The molecule has 17 heavy (non-hydrogen) atoms. The lowest BCUT2D eigenvalue weighted by atomic mass is 9.94. The molecule has 0 spiro atoms. The highest BCUT2D eigenvalue weighted by molar-refractivity contribution is 5.29. The number of benzene rings is 1. The van der Waals surface area contributed by atoms with E-state index in [0.717, 1.165) is 17.5 Å². The number of hydrogen-bond donors (Lipinski definition) is 2. The summed E-state index contributed by atoms with van der Waals surface area (Å²) in [5, 5.41) is 0. The topological polar surface area (TPSA) is 47.3 Å². The molecule has 2 unspecified atom stereocenters. The number of halogens is 1. The molecule has 0 saturated heterocycles. The quantitative estimate of drug-likeness (QED) is 0.592. The predicted molar refractivity (Wildman–Crippen MR) is 66.9 cm³/mol. The molecule has 0 saturated carbocycles. The fourth-order valence-electron chi connectivity index (χ4n) is 2.03. The van der Waals surface area contributed by atoms with Crippen LogP contribution in [0.4, 0.5) is 4.39 Å². The van der Waals surface area contributed by atoms with E-state index in [4.69, 9.17) is 10.6 Å². The first-order valence-electron chi connectivity index (χ1n) is 5.79. The zero-order chi connectivity index (χ0) is 12.8. The van der Waals surface area contributed by atoms with Gasteiger partial charge in [-0.15, -0.1) is 0 Å². The van der Waals surface area contributed by atoms with Gasteiger partial charge in [0.1, 0.15) is 5.82 Å². The fourth-order valence-corrected chi connectivity index (χ4v) is 2.03. The third kappa shape index (κ3) is 4.07. The van der Waals surface area contributed by atoms with Crippen LogP contribution < -0.4 is 11.3 Å². The van der Waals surface area contributed by atoms with E-state index < -0.39 is 0 Å². The van der Waals surface area contributed by atoms with E-state index in [2.05, 4.69) is 12.3 Å². The van der Waals surface area contributed by atoms with Crippen molar-refractivity contribution in [2.75, 3.05) is 13.7 Å². The third-order valence-electron chi connectivity index (χ3n) is 2.91. The van der Waals surface area contributed by atoms with Crippen LogP contribution in [0.2, 0.25) is 0 Å². The monoisotopic (exact) mass is 240 g/mol. The zero-order valence-electron chi connectivity index (χ0n) is 10.7. The summed E-state index contributed by atoms with van der Waals surface area (Å²) in [5.41, 5.74) is 4.71. The molecule has 0 radical (unpaired) electrons. The Hall–Kier alpha value is -0.970. The summed E-state index contributed by atoms with van der Waals surface area (Å²) in [4.78, 5) is 0. The Morgan fingerprint density at radius 2 is 2.18 bits per heavy atom. The van der Waals surface area contributed by atoms with Crippen LogP contribution >= 0.6 is 0 Å². The van der Waals surface area contributed by atoms with Gasteiger partial charge in [0.05, 0.1) is 0 Å². The predicted octanol–water partition coefficient (Wildman–Crippen LogP) is 2.31. The molecule has 1 aromatic carbocycles. The van der Waals surface area contributed by atoms with Gasteiger partial charge in [-0.3, -0.25) is 11.3 Å². The average Bonchev–Trinajstić information content (AvgIpc) is 2.30. The van der Waals surface area contributed by atoms with Crippen LogP contribution in [0, 0.1) is 18.7 Å². The van der Waals surface area contributed by atoms with Crippen LogP contribution in [0.1, 0.15) is 30.5 Å². The van der Waals surface area contributed by atoms with Gasteiger partial charge in [-0.25, -0.2) is 4.39 Å². The largest absolute Gasteiger partial charge is 0.384 e. The second-order valence-electron chi connectivity index (χ2n) is 4.52. The minimum Gasteiger partial charge on any atom is -0.384 e. The third-order valence-corrected chi connectivity index (χ3v) is 2.91. The Labute approximate surface area is 102 Å². The highest BCUT2D eigenvalue weighted by Crippen LogP contribution is 2.24. The lowest BCUT2D eigenvalue weighted by molar-refractivity contribution is 0.149. The first kappa shape index (κ1) is 14.1. The highest BCUT2D eigenvalue weighted by Gasteiger charge is 2.16. The molecular formula is C13H21FN2O. The maximum absolute atomic E-state index is 13.2. The summed E-state index contributed by atoms with van der Waals surface area (Å²) in [6.45, 7) is 4.72. The maximum atomic E-state index is 13.2. The standard InChI is InChI=1S/C13H21FN2O/c1-9(8-17-3)6-13(16-15)12-7-11(14)5-4-10(12)2/h4-5,7,9,13,16H,6,8,15H2,1-3H3. The molecule has 3 N–H and O–H groups in total. The van der Waals surface area contributed by atoms with E-state index in [1.54, 1.807) is 19.2 Å². The molecule has 2 atom stereocenters. The van der Waals surface area contributed by atoms with E-state index in [9.17, 15) is 4.39 Å². The molecule has 1 aromatic rings. The summed E-state index contributed by atoms with van der Waals surface area (Å²) in [6, 6.07) is 4.73. The first-order chi connectivity index (χ1) is 8.08. The van der Waals surface area contributed by atoms with Crippen molar-refractivity contribution in [1.82, 2.24) is 5.43 Å². The highest BCUT2D eigenvalue weighted by atomic mass is 19.1. The van der Waals surface area contributed by atoms with Gasteiger partial charge in [-0.05, 0) is 42.5 Å². The van der Waals surface area contributed by atoms with Gasteiger partial charge in [0, 0.05) is 19.8 Å². The summed E-state index contributed by atoms with van der Waals surface area (Å²) < 4.78 is 18.3. The van der Waals surface area contributed by atoms with Gasteiger partial charge in [-0.1, -0.05) is 13.0 Å². The number of aryl methyl sites for hydroxylation is 1. The van der Waals surface area contributed by atoms with Crippen LogP contribution in [0.3, 0.4) is 0 Å². The van der Waals surface area contributed by atoms with Gasteiger partial charge in [0.15, 0.2) is 0 Å². The summed E-state index contributed by atoms with van der Waals surface area (Å²) in [6.07, 6.45) is 0.814. The molecular weight excluding hydrogens is 219 g/mol. The van der Waals surface area contributed by atoms with E-state index in [1.807, 2.05) is 6.92 Å². The molecule has 1 rings (SSSR count).